The number of ether oxygens (including phenoxy) is 2. The zero-order chi connectivity index (χ0) is 27.9. The summed E-state index contributed by atoms with van der Waals surface area (Å²) in [4.78, 5) is 31.0. The lowest BCUT2D eigenvalue weighted by molar-refractivity contribution is -0.127. The molecule has 4 aromatic rings. The molecule has 0 unspecified atom stereocenters. The zero-order valence-corrected chi connectivity index (χ0v) is 22.8. The highest BCUT2D eigenvalue weighted by Crippen LogP contribution is 2.31. The van der Waals surface area contributed by atoms with E-state index in [2.05, 4.69) is 53.4 Å². The summed E-state index contributed by atoms with van der Waals surface area (Å²) in [5.41, 5.74) is 3.18. The predicted molar refractivity (Wildman–Crippen MR) is 157 cm³/mol. The van der Waals surface area contributed by atoms with E-state index in [4.69, 9.17) is 9.47 Å². The first kappa shape index (κ1) is 27.0. The van der Waals surface area contributed by atoms with Crippen molar-refractivity contribution in [3.8, 4) is 11.5 Å². The number of amides is 1. The van der Waals surface area contributed by atoms with Crippen LogP contribution in [0.3, 0.4) is 0 Å². The van der Waals surface area contributed by atoms with Gasteiger partial charge < -0.3 is 14.4 Å². The van der Waals surface area contributed by atoms with Gasteiger partial charge in [0.05, 0.1) is 20.3 Å². The molecule has 3 aromatic carbocycles. The highest BCUT2D eigenvalue weighted by atomic mass is 16.5. The Bertz CT molecular complexity index is 1480. The van der Waals surface area contributed by atoms with Crippen LogP contribution in [0.2, 0.25) is 0 Å². The molecule has 7 heteroatoms. The summed E-state index contributed by atoms with van der Waals surface area (Å²) >= 11 is 0. The molecule has 2 heterocycles. The molecule has 5 rings (SSSR count). The minimum atomic E-state index is -0.269. The van der Waals surface area contributed by atoms with Crippen LogP contribution in [-0.2, 0) is 4.79 Å². The lowest BCUT2D eigenvalue weighted by Crippen LogP contribution is -2.50. The predicted octanol–water partition coefficient (Wildman–Crippen LogP) is 4.80. The van der Waals surface area contributed by atoms with Gasteiger partial charge in [-0.3, -0.25) is 19.1 Å². The standard InChI is InChI=1S/C33H33N3O4/c1-39-29-17-16-25(24-30(29)40-2)23-28(36-18-10-9-15-31(36)37)33(38)35-21-19-34(20-22-35)32(26-11-5-3-6-12-26)27-13-7-4-8-14-27/h3-18,23-24,32H,19-22H2,1-2H3. The number of hydrogen-bond donors (Lipinski definition) is 0. The summed E-state index contributed by atoms with van der Waals surface area (Å²) < 4.78 is 12.2. The Balaban J connectivity index is 1.42. The highest BCUT2D eigenvalue weighted by molar-refractivity contribution is 6.18. The number of nitrogens with zero attached hydrogens (tertiary/aromatic N) is 3. The SMILES string of the molecule is COc1ccc(C=C(C(=O)N2CCN(C(c3ccccc3)c3ccccc3)CC2)n2ccccc2=O)cc1OC. The maximum absolute atomic E-state index is 14.0. The van der Waals surface area contributed by atoms with Crippen molar-refractivity contribution < 1.29 is 14.3 Å². The van der Waals surface area contributed by atoms with E-state index < -0.39 is 0 Å². The van der Waals surface area contributed by atoms with Crippen molar-refractivity contribution in [3.05, 3.63) is 130 Å². The molecular formula is C33H33N3O4. The average molecular weight is 536 g/mol. The van der Waals surface area contributed by atoms with Crippen LogP contribution in [0.15, 0.2) is 108 Å². The van der Waals surface area contributed by atoms with Crippen LogP contribution in [-0.4, -0.2) is 60.7 Å². The molecule has 1 aliphatic rings. The molecule has 1 aromatic heterocycles. The summed E-state index contributed by atoms with van der Waals surface area (Å²) in [6.45, 7) is 2.49. The Labute approximate surface area is 234 Å². The molecule has 0 N–H and O–H groups in total. The Morgan fingerprint density at radius 1 is 0.750 bits per heavy atom. The quantitative estimate of drug-likeness (QED) is 0.304. The molecule has 40 heavy (non-hydrogen) atoms. The van der Waals surface area contributed by atoms with Crippen LogP contribution < -0.4 is 15.0 Å². The van der Waals surface area contributed by atoms with E-state index in [9.17, 15) is 9.59 Å². The summed E-state index contributed by atoms with van der Waals surface area (Å²) in [6.07, 6.45) is 3.36. The Hall–Kier alpha value is -4.62. The largest absolute Gasteiger partial charge is 0.493 e. The molecule has 0 radical (unpaired) electrons. The number of pyridine rings is 1. The summed E-state index contributed by atoms with van der Waals surface area (Å²) in [5, 5.41) is 0. The van der Waals surface area contributed by atoms with Gasteiger partial charge in [-0.25, -0.2) is 0 Å². The smallest absolute Gasteiger partial charge is 0.271 e. The van der Waals surface area contributed by atoms with E-state index >= 15 is 0 Å². The van der Waals surface area contributed by atoms with Crippen LogP contribution in [0, 0.1) is 0 Å². The minimum Gasteiger partial charge on any atom is -0.493 e. The van der Waals surface area contributed by atoms with Crippen LogP contribution >= 0.6 is 0 Å². The Kier molecular flexibility index (Phi) is 8.42. The Morgan fingerprint density at radius 2 is 1.35 bits per heavy atom. The van der Waals surface area contributed by atoms with Crippen molar-refractivity contribution in [1.29, 1.82) is 0 Å². The maximum Gasteiger partial charge on any atom is 0.271 e. The first-order valence-corrected chi connectivity index (χ1v) is 13.3. The van der Waals surface area contributed by atoms with Gasteiger partial charge in [-0.1, -0.05) is 72.8 Å². The summed E-state index contributed by atoms with van der Waals surface area (Å²) in [6, 6.07) is 31.3. The number of carbonyl (C=O) groups is 1. The number of piperazine rings is 1. The fraction of sp³-hybridized carbons (Fsp3) is 0.212. The number of rotatable bonds is 8. The molecule has 1 amide bonds. The first-order chi connectivity index (χ1) is 19.6. The van der Waals surface area contributed by atoms with Crippen molar-refractivity contribution in [3.63, 3.8) is 0 Å². The first-order valence-electron chi connectivity index (χ1n) is 13.3. The van der Waals surface area contributed by atoms with Crippen molar-refractivity contribution in [1.82, 2.24) is 14.4 Å². The number of benzene rings is 3. The van der Waals surface area contributed by atoms with Gasteiger partial charge >= 0.3 is 0 Å². The van der Waals surface area contributed by atoms with Gasteiger partial charge in [0.2, 0.25) is 0 Å². The van der Waals surface area contributed by atoms with E-state index in [0.29, 0.717) is 37.7 Å². The van der Waals surface area contributed by atoms with Gasteiger partial charge in [0.15, 0.2) is 11.5 Å². The topological polar surface area (TPSA) is 64.0 Å². The third-order valence-electron chi connectivity index (χ3n) is 7.21. The molecule has 0 atom stereocenters. The van der Waals surface area contributed by atoms with E-state index in [0.717, 1.165) is 5.56 Å². The fourth-order valence-corrected chi connectivity index (χ4v) is 5.19. The van der Waals surface area contributed by atoms with Crippen molar-refractivity contribution in [2.24, 2.45) is 0 Å². The van der Waals surface area contributed by atoms with Gasteiger partial charge in [0, 0.05) is 38.4 Å². The Morgan fingerprint density at radius 3 is 1.93 bits per heavy atom. The van der Waals surface area contributed by atoms with E-state index in [1.165, 1.54) is 21.8 Å². The fourth-order valence-electron chi connectivity index (χ4n) is 5.19. The van der Waals surface area contributed by atoms with Crippen LogP contribution in [0.4, 0.5) is 0 Å². The molecular weight excluding hydrogens is 502 g/mol. The van der Waals surface area contributed by atoms with E-state index in [-0.39, 0.29) is 23.2 Å². The average Bonchev–Trinajstić information content (AvgIpc) is 3.01. The molecule has 1 aliphatic heterocycles. The number of hydrogen-bond acceptors (Lipinski definition) is 5. The van der Waals surface area contributed by atoms with Gasteiger partial charge in [0.1, 0.15) is 5.70 Å². The minimum absolute atomic E-state index is 0.0955. The van der Waals surface area contributed by atoms with Crippen LogP contribution in [0.1, 0.15) is 22.7 Å². The molecule has 7 nitrogen and oxygen atoms in total. The lowest BCUT2D eigenvalue weighted by Gasteiger charge is -2.40. The second-order valence-electron chi connectivity index (χ2n) is 9.60. The van der Waals surface area contributed by atoms with E-state index in [1.807, 2.05) is 23.1 Å². The number of aromatic nitrogens is 1. The number of methoxy groups -OCH3 is 2. The van der Waals surface area contributed by atoms with Gasteiger partial charge in [-0.15, -0.1) is 0 Å². The van der Waals surface area contributed by atoms with Crippen molar-refractivity contribution >= 4 is 17.7 Å². The molecule has 204 valence electrons. The monoisotopic (exact) mass is 535 g/mol. The van der Waals surface area contributed by atoms with E-state index in [1.54, 1.807) is 50.8 Å². The van der Waals surface area contributed by atoms with Gasteiger partial charge in [-0.2, -0.15) is 0 Å². The van der Waals surface area contributed by atoms with Gasteiger partial charge in [0.25, 0.3) is 11.5 Å². The maximum atomic E-state index is 14.0. The zero-order valence-electron chi connectivity index (χ0n) is 22.8. The van der Waals surface area contributed by atoms with Crippen LogP contribution in [0.25, 0.3) is 11.8 Å². The molecule has 1 saturated heterocycles. The highest BCUT2D eigenvalue weighted by Gasteiger charge is 2.30. The molecule has 1 fully saturated rings. The van der Waals surface area contributed by atoms with Crippen molar-refractivity contribution in [2.45, 2.75) is 6.04 Å². The van der Waals surface area contributed by atoms with Gasteiger partial charge in [-0.05, 0) is 41.0 Å². The molecule has 0 saturated carbocycles. The normalized spacial score (nSPS) is 14.3. The van der Waals surface area contributed by atoms with Crippen molar-refractivity contribution in [2.75, 3.05) is 40.4 Å². The number of carbonyl (C=O) groups excluding carboxylic acids is 1. The third-order valence-corrected chi connectivity index (χ3v) is 7.21. The summed E-state index contributed by atoms with van der Waals surface area (Å²) in [5.74, 6) is 0.940. The summed E-state index contributed by atoms with van der Waals surface area (Å²) in [7, 11) is 3.14. The third kappa shape index (κ3) is 5.84. The van der Waals surface area contributed by atoms with Crippen LogP contribution in [0.5, 0.6) is 11.5 Å². The molecule has 0 aliphatic carbocycles. The second kappa shape index (κ2) is 12.5. The molecule has 0 spiro atoms. The molecule has 0 bridgehead atoms. The second-order valence-corrected chi connectivity index (χ2v) is 9.60. The lowest BCUT2D eigenvalue weighted by atomic mass is 9.96.